The van der Waals surface area contributed by atoms with Gasteiger partial charge in [0, 0.05) is 32.4 Å². The molecule has 2 aliphatic heterocycles. The van der Waals surface area contributed by atoms with Crippen LogP contribution in [0.1, 0.15) is 57.7 Å². The summed E-state index contributed by atoms with van der Waals surface area (Å²) in [4.78, 5) is 5.30. The van der Waals surface area contributed by atoms with Gasteiger partial charge in [-0.3, -0.25) is 0 Å². The van der Waals surface area contributed by atoms with E-state index in [9.17, 15) is 0 Å². The summed E-state index contributed by atoms with van der Waals surface area (Å²) in [6, 6.07) is 0.558. The fourth-order valence-electron chi connectivity index (χ4n) is 4.18. The van der Waals surface area contributed by atoms with Crippen molar-refractivity contribution >= 4 is 0 Å². The van der Waals surface area contributed by atoms with Gasteiger partial charge in [0.05, 0.1) is 11.7 Å². The van der Waals surface area contributed by atoms with Gasteiger partial charge in [-0.25, -0.2) is 4.68 Å². The van der Waals surface area contributed by atoms with Crippen LogP contribution in [0.2, 0.25) is 0 Å². The highest BCUT2D eigenvalue weighted by atomic mass is 15.4. The van der Waals surface area contributed by atoms with Crippen molar-refractivity contribution in [2.24, 2.45) is 5.92 Å². The number of nitrogens with zero attached hydrogens (tertiary/aromatic N) is 5. The highest BCUT2D eigenvalue weighted by molar-refractivity contribution is 4.94. The first-order chi connectivity index (χ1) is 11.3. The van der Waals surface area contributed by atoms with Crippen LogP contribution >= 0.6 is 0 Å². The van der Waals surface area contributed by atoms with Crippen LogP contribution < -0.4 is 0 Å². The second-order valence-corrected chi connectivity index (χ2v) is 7.37. The molecule has 0 amide bonds. The average molecular weight is 319 g/mol. The second kappa shape index (κ2) is 8.25. The Bertz CT molecular complexity index is 464. The summed E-state index contributed by atoms with van der Waals surface area (Å²) in [6.07, 6.45) is 9.61. The molecule has 0 aromatic carbocycles. The summed E-state index contributed by atoms with van der Waals surface area (Å²) < 4.78 is 2.13. The van der Waals surface area contributed by atoms with Gasteiger partial charge in [0.15, 0.2) is 0 Å². The number of aromatic nitrogens is 3. The molecule has 130 valence electrons. The van der Waals surface area contributed by atoms with Crippen LogP contribution in [0, 0.1) is 5.92 Å². The first-order valence-electron chi connectivity index (χ1n) is 9.64. The van der Waals surface area contributed by atoms with E-state index in [0.717, 1.165) is 24.5 Å². The van der Waals surface area contributed by atoms with E-state index in [2.05, 4.69) is 44.8 Å². The zero-order chi connectivity index (χ0) is 16.1. The van der Waals surface area contributed by atoms with Crippen LogP contribution in [-0.2, 0) is 6.42 Å². The molecule has 0 aliphatic carbocycles. The molecule has 0 unspecified atom stereocenters. The van der Waals surface area contributed by atoms with Crippen LogP contribution in [-0.4, -0.2) is 64.1 Å². The summed E-state index contributed by atoms with van der Waals surface area (Å²) in [6.45, 7) is 12.0. The molecule has 2 fully saturated rings. The molecule has 1 aromatic rings. The van der Waals surface area contributed by atoms with E-state index >= 15 is 0 Å². The van der Waals surface area contributed by atoms with Crippen LogP contribution in [0.3, 0.4) is 0 Å². The van der Waals surface area contributed by atoms with E-state index in [0.29, 0.717) is 6.04 Å². The van der Waals surface area contributed by atoms with Crippen molar-refractivity contribution in [3.63, 3.8) is 0 Å². The quantitative estimate of drug-likeness (QED) is 0.808. The molecule has 2 aliphatic rings. The molecule has 3 rings (SSSR count). The van der Waals surface area contributed by atoms with Crippen molar-refractivity contribution in [1.29, 1.82) is 0 Å². The third-order valence-corrected chi connectivity index (χ3v) is 5.56. The van der Waals surface area contributed by atoms with Crippen LogP contribution in [0.4, 0.5) is 0 Å². The standard InChI is InChI=1S/C18H33N5/c1-3-6-17-15-23(20-19-17)18-8-11-22(12-9-18)14-16-7-5-10-21(4-2)13-16/h15-16,18H,3-14H2,1-2H3/t16-/m1/s1. The second-order valence-electron chi connectivity index (χ2n) is 7.37. The topological polar surface area (TPSA) is 37.2 Å². The Labute approximate surface area is 141 Å². The molecule has 5 nitrogen and oxygen atoms in total. The summed E-state index contributed by atoms with van der Waals surface area (Å²) in [7, 11) is 0. The zero-order valence-corrected chi connectivity index (χ0v) is 15.0. The molecule has 1 atom stereocenters. The highest BCUT2D eigenvalue weighted by Crippen LogP contribution is 2.24. The maximum Gasteiger partial charge on any atom is 0.0827 e. The average Bonchev–Trinajstić information content (AvgIpc) is 3.05. The molecule has 1 aromatic heterocycles. The van der Waals surface area contributed by atoms with Crippen LogP contribution in [0.25, 0.3) is 0 Å². The minimum Gasteiger partial charge on any atom is -0.303 e. The Kier molecular flexibility index (Phi) is 6.06. The fourth-order valence-corrected chi connectivity index (χ4v) is 4.18. The van der Waals surface area contributed by atoms with Gasteiger partial charge in [0.2, 0.25) is 0 Å². The van der Waals surface area contributed by atoms with E-state index in [1.165, 1.54) is 65.0 Å². The van der Waals surface area contributed by atoms with Gasteiger partial charge < -0.3 is 9.80 Å². The SMILES string of the molecule is CCCc1cn(C2CCN(C[C@@H]3CCCN(CC)C3)CC2)nn1. The minimum absolute atomic E-state index is 0.558. The van der Waals surface area contributed by atoms with Gasteiger partial charge in [-0.1, -0.05) is 25.5 Å². The zero-order valence-electron chi connectivity index (χ0n) is 15.0. The Morgan fingerprint density at radius 1 is 1.09 bits per heavy atom. The van der Waals surface area contributed by atoms with E-state index in [4.69, 9.17) is 0 Å². The van der Waals surface area contributed by atoms with Gasteiger partial charge >= 0.3 is 0 Å². The first-order valence-corrected chi connectivity index (χ1v) is 9.64. The smallest absolute Gasteiger partial charge is 0.0827 e. The number of hydrogen-bond donors (Lipinski definition) is 0. The summed E-state index contributed by atoms with van der Waals surface area (Å²) in [5, 5.41) is 8.67. The fraction of sp³-hybridized carbons (Fsp3) is 0.889. The number of rotatable bonds is 6. The summed E-state index contributed by atoms with van der Waals surface area (Å²) in [5.74, 6) is 0.878. The molecule has 3 heterocycles. The minimum atomic E-state index is 0.558. The molecular weight excluding hydrogens is 286 g/mol. The Hall–Kier alpha value is -0.940. The Morgan fingerprint density at radius 2 is 1.91 bits per heavy atom. The highest BCUT2D eigenvalue weighted by Gasteiger charge is 2.25. The molecule has 23 heavy (non-hydrogen) atoms. The van der Waals surface area contributed by atoms with Crippen molar-refractivity contribution in [3.05, 3.63) is 11.9 Å². The largest absolute Gasteiger partial charge is 0.303 e. The van der Waals surface area contributed by atoms with E-state index in [1.54, 1.807) is 0 Å². The molecule has 0 radical (unpaired) electrons. The van der Waals surface area contributed by atoms with Crippen molar-refractivity contribution < 1.29 is 0 Å². The van der Waals surface area contributed by atoms with E-state index in [1.807, 2.05) is 0 Å². The maximum atomic E-state index is 4.36. The third-order valence-electron chi connectivity index (χ3n) is 5.56. The molecule has 5 heteroatoms. The first kappa shape index (κ1) is 16.9. The van der Waals surface area contributed by atoms with Crippen LogP contribution in [0.5, 0.6) is 0 Å². The molecule has 0 saturated carbocycles. The van der Waals surface area contributed by atoms with E-state index < -0.39 is 0 Å². The molecule has 0 N–H and O–H groups in total. The Balaban J connectivity index is 1.44. The third kappa shape index (κ3) is 4.54. The van der Waals surface area contributed by atoms with Crippen molar-refractivity contribution in [3.8, 4) is 0 Å². The van der Waals surface area contributed by atoms with Crippen molar-refractivity contribution in [1.82, 2.24) is 24.8 Å². The lowest BCUT2D eigenvalue weighted by molar-refractivity contribution is 0.111. The lowest BCUT2D eigenvalue weighted by atomic mass is 9.96. The number of piperidine rings is 2. The predicted molar refractivity (Wildman–Crippen MR) is 93.6 cm³/mol. The normalized spacial score (nSPS) is 25.0. The molecule has 2 saturated heterocycles. The van der Waals surface area contributed by atoms with E-state index in [-0.39, 0.29) is 0 Å². The number of hydrogen-bond acceptors (Lipinski definition) is 4. The van der Waals surface area contributed by atoms with Crippen molar-refractivity contribution in [2.45, 2.75) is 58.4 Å². The van der Waals surface area contributed by atoms with Crippen LogP contribution in [0.15, 0.2) is 6.20 Å². The van der Waals surface area contributed by atoms with Gasteiger partial charge in [0.1, 0.15) is 0 Å². The van der Waals surface area contributed by atoms with Crippen molar-refractivity contribution in [2.75, 3.05) is 39.3 Å². The molecule has 0 bridgehead atoms. The summed E-state index contributed by atoms with van der Waals surface area (Å²) >= 11 is 0. The van der Waals surface area contributed by atoms with Gasteiger partial charge in [-0.2, -0.15) is 0 Å². The summed E-state index contributed by atoms with van der Waals surface area (Å²) in [5.41, 5.74) is 1.15. The lowest BCUT2D eigenvalue weighted by Gasteiger charge is -2.38. The lowest BCUT2D eigenvalue weighted by Crippen LogP contribution is -2.43. The molecular formula is C18H33N5. The van der Waals surface area contributed by atoms with Gasteiger partial charge in [0.25, 0.3) is 0 Å². The molecule has 0 spiro atoms. The monoisotopic (exact) mass is 319 g/mol. The van der Waals surface area contributed by atoms with Gasteiger partial charge in [-0.05, 0) is 51.1 Å². The predicted octanol–water partition coefficient (Wildman–Crippen LogP) is 2.60. The Morgan fingerprint density at radius 3 is 2.65 bits per heavy atom. The number of likely N-dealkylation sites (tertiary alicyclic amines) is 2. The maximum absolute atomic E-state index is 4.36. The van der Waals surface area contributed by atoms with Gasteiger partial charge in [-0.15, -0.1) is 5.10 Å². The number of aryl methyl sites for hydroxylation is 1.